The van der Waals surface area contributed by atoms with Crippen LogP contribution in [0.15, 0.2) is 24.3 Å². The molecule has 0 aliphatic carbocycles. The first-order valence-electron chi connectivity index (χ1n) is 7.04. The Kier molecular flexibility index (Phi) is 5.80. The summed E-state index contributed by atoms with van der Waals surface area (Å²) in [6.07, 6.45) is 3.48. The molecule has 2 rings (SSSR count). The fraction of sp³-hybridized carbons (Fsp3) is 0.467. The molecule has 1 aliphatic heterocycles. The Hall–Kier alpha value is -1.82. The number of carbonyl (C=O) groups excluding carboxylic acids is 1. The Balaban J connectivity index is 1.74. The van der Waals surface area contributed by atoms with Crippen molar-refractivity contribution < 1.29 is 14.3 Å². The van der Waals surface area contributed by atoms with Crippen molar-refractivity contribution in [2.24, 2.45) is 0 Å². The van der Waals surface area contributed by atoms with Crippen molar-refractivity contribution in [3.05, 3.63) is 24.3 Å². The minimum Gasteiger partial charge on any atom is -0.497 e. The maximum atomic E-state index is 11.8. The Bertz CT molecular complexity index is 484. The van der Waals surface area contributed by atoms with E-state index in [2.05, 4.69) is 5.32 Å². The third-order valence-corrected chi connectivity index (χ3v) is 3.68. The van der Waals surface area contributed by atoms with Crippen molar-refractivity contribution in [1.29, 1.82) is 0 Å². The molecule has 1 fully saturated rings. The van der Waals surface area contributed by atoms with E-state index in [-0.39, 0.29) is 12.5 Å². The van der Waals surface area contributed by atoms with Gasteiger partial charge in [0.25, 0.3) is 5.91 Å². The van der Waals surface area contributed by atoms with E-state index in [9.17, 15) is 4.79 Å². The number of amides is 1. The fourth-order valence-electron chi connectivity index (χ4n) is 2.15. The van der Waals surface area contributed by atoms with Crippen LogP contribution in [-0.2, 0) is 4.79 Å². The van der Waals surface area contributed by atoms with E-state index in [0.717, 1.165) is 31.7 Å². The Labute approximate surface area is 130 Å². The molecule has 5 nitrogen and oxygen atoms in total. The Morgan fingerprint density at radius 1 is 1.19 bits per heavy atom. The minimum atomic E-state index is -0.235. The van der Waals surface area contributed by atoms with Crippen molar-refractivity contribution in [2.75, 3.05) is 26.8 Å². The summed E-state index contributed by atoms with van der Waals surface area (Å²) < 4.78 is 10.5. The van der Waals surface area contributed by atoms with Gasteiger partial charge in [-0.15, -0.1) is 0 Å². The molecular weight excluding hydrogens is 288 g/mol. The normalized spacial score (nSPS) is 14.4. The van der Waals surface area contributed by atoms with Crippen molar-refractivity contribution in [3.8, 4) is 11.5 Å². The summed E-state index contributed by atoms with van der Waals surface area (Å²) in [5.41, 5.74) is 0. The Morgan fingerprint density at radius 3 is 2.43 bits per heavy atom. The monoisotopic (exact) mass is 308 g/mol. The molecule has 1 saturated heterocycles. The molecule has 0 unspecified atom stereocenters. The van der Waals surface area contributed by atoms with E-state index in [1.54, 1.807) is 31.4 Å². The van der Waals surface area contributed by atoms with Crippen molar-refractivity contribution in [2.45, 2.75) is 19.3 Å². The molecule has 6 heteroatoms. The summed E-state index contributed by atoms with van der Waals surface area (Å²) in [4.78, 5) is 13.8. The smallest absolute Gasteiger partial charge is 0.264 e. The zero-order valence-corrected chi connectivity index (χ0v) is 12.9. The molecule has 0 atom stereocenters. The first-order valence-corrected chi connectivity index (χ1v) is 7.45. The second-order valence-electron chi connectivity index (χ2n) is 4.87. The number of likely N-dealkylation sites (tertiary alicyclic amines) is 1. The second-order valence-corrected chi connectivity index (χ2v) is 5.25. The predicted molar refractivity (Wildman–Crippen MR) is 84.7 cm³/mol. The lowest BCUT2D eigenvalue weighted by Gasteiger charge is -2.28. The standard InChI is InChI=1S/C15H20N2O3S/c1-19-12-5-7-13(8-6-12)20-11-14(18)16-15(21)17-9-3-2-4-10-17/h5-8H,2-4,9-11H2,1H3,(H,16,18,21). The molecule has 0 saturated carbocycles. The quantitative estimate of drug-likeness (QED) is 0.862. The van der Waals surface area contributed by atoms with Crippen LogP contribution in [0, 0.1) is 0 Å². The van der Waals surface area contributed by atoms with Gasteiger partial charge in [0.2, 0.25) is 0 Å². The number of nitrogens with zero attached hydrogens (tertiary/aromatic N) is 1. The maximum Gasteiger partial charge on any atom is 0.264 e. The van der Waals surface area contributed by atoms with Gasteiger partial charge in [0.1, 0.15) is 11.5 Å². The molecule has 1 heterocycles. The Morgan fingerprint density at radius 2 is 1.81 bits per heavy atom. The molecule has 0 aromatic heterocycles. The van der Waals surface area contributed by atoms with E-state index < -0.39 is 0 Å². The highest BCUT2D eigenvalue weighted by molar-refractivity contribution is 7.80. The number of hydrogen-bond donors (Lipinski definition) is 1. The molecular formula is C15H20N2O3S. The summed E-state index contributed by atoms with van der Waals surface area (Å²) in [5, 5.41) is 3.21. The van der Waals surface area contributed by atoms with Gasteiger partial charge in [0.15, 0.2) is 11.7 Å². The van der Waals surface area contributed by atoms with Gasteiger partial charge in [-0.1, -0.05) is 0 Å². The summed E-state index contributed by atoms with van der Waals surface area (Å²) in [7, 11) is 1.60. The largest absolute Gasteiger partial charge is 0.497 e. The van der Waals surface area contributed by atoms with Gasteiger partial charge in [-0.3, -0.25) is 4.79 Å². The SMILES string of the molecule is COc1ccc(OCC(=O)NC(=S)N2CCCCC2)cc1. The van der Waals surface area contributed by atoms with E-state index >= 15 is 0 Å². The van der Waals surface area contributed by atoms with Crippen LogP contribution >= 0.6 is 12.2 Å². The van der Waals surface area contributed by atoms with Gasteiger partial charge in [0.05, 0.1) is 7.11 Å². The topological polar surface area (TPSA) is 50.8 Å². The molecule has 21 heavy (non-hydrogen) atoms. The summed E-state index contributed by atoms with van der Waals surface area (Å²) >= 11 is 5.24. The lowest BCUT2D eigenvalue weighted by molar-refractivity contribution is -0.121. The lowest BCUT2D eigenvalue weighted by atomic mass is 10.1. The number of nitrogens with one attached hydrogen (secondary N) is 1. The second kappa shape index (κ2) is 7.83. The lowest BCUT2D eigenvalue weighted by Crippen LogP contribution is -2.46. The zero-order valence-electron chi connectivity index (χ0n) is 12.1. The van der Waals surface area contributed by atoms with Gasteiger partial charge >= 0.3 is 0 Å². The minimum absolute atomic E-state index is 0.0552. The highest BCUT2D eigenvalue weighted by Gasteiger charge is 2.15. The van der Waals surface area contributed by atoms with Gasteiger partial charge in [-0.25, -0.2) is 0 Å². The van der Waals surface area contributed by atoms with Gasteiger partial charge in [-0.2, -0.15) is 0 Å². The van der Waals surface area contributed by atoms with E-state index in [4.69, 9.17) is 21.7 Å². The highest BCUT2D eigenvalue weighted by Crippen LogP contribution is 2.16. The van der Waals surface area contributed by atoms with Crippen molar-refractivity contribution in [1.82, 2.24) is 10.2 Å². The molecule has 1 aromatic rings. The van der Waals surface area contributed by atoms with Crippen molar-refractivity contribution in [3.63, 3.8) is 0 Å². The maximum absolute atomic E-state index is 11.8. The molecule has 1 aliphatic rings. The van der Waals surface area contributed by atoms with Crippen LogP contribution in [0.25, 0.3) is 0 Å². The van der Waals surface area contributed by atoms with Crippen LogP contribution in [0.2, 0.25) is 0 Å². The van der Waals surface area contributed by atoms with E-state index in [0.29, 0.717) is 10.9 Å². The van der Waals surface area contributed by atoms with Crippen LogP contribution in [-0.4, -0.2) is 42.7 Å². The van der Waals surface area contributed by atoms with E-state index in [1.807, 2.05) is 4.90 Å². The summed E-state index contributed by atoms with van der Waals surface area (Å²) in [5.74, 6) is 1.13. The number of benzene rings is 1. The highest BCUT2D eigenvalue weighted by atomic mass is 32.1. The van der Waals surface area contributed by atoms with Crippen LogP contribution in [0.4, 0.5) is 0 Å². The molecule has 1 amide bonds. The summed E-state index contributed by atoms with van der Waals surface area (Å²) in [6.45, 7) is 1.78. The number of hydrogen-bond acceptors (Lipinski definition) is 4. The summed E-state index contributed by atoms with van der Waals surface area (Å²) in [6, 6.07) is 7.08. The molecule has 0 spiro atoms. The molecule has 0 bridgehead atoms. The van der Waals surface area contributed by atoms with Crippen molar-refractivity contribution >= 4 is 23.2 Å². The number of methoxy groups -OCH3 is 1. The van der Waals surface area contributed by atoms with Crippen LogP contribution in [0.5, 0.6) is 11.5 Å². The third-order valence-electron chi connectivity index (χ3n) is 3.32. The van der Waals surface area contributed by atoms with E-state index in [1.165, 1.54) is 6.42 Å². The van der Waals surface area contributed by atoms with Crippen LogP contribution < -0.4 is 14.8 Å². The average molecular weight is 308 g/mol. The van der Waals surface area contributed by atoms with Gasteiger partial charge in [-0.05, 0) is 55.7 Å². The van der Waals surface area contributed by atoms with Gasteiger partial charge in [0, 0.05) is 13.1 Å². The first-order chi connectivity index (χ1) is 10.2. The van der Waals surface area contributed by atoms with Crippen LogP contribution in [0.1, 0.15) is 19.3 Å². The molecule has 1 N–H and O–H groups in total. The number of ether oxygens (including phenoxy) is 2. The molecule has 0 radical (unpaired) electrons. The van der Waals surface area contributed by atoms with Crippen LogP contribution in [0.3, 0.4) is 0 Å². The number of rotatable bonds is 4. The number of thiocarbonyl (C=S) groups is 1. The molecule has 114 valence electrons. The fourth-order valence-corrected chi connectivity index (χ4v) is 2.45. The molecule has 1 aromatic carbocycles. The number of piperidine rings is 1. The first kappa shape index (κ1) is 15.6. The average Bonchev–Trinajstić information content (AvgIpc) is 2.54. The predicted octanol–water partition coefficient (Wildman–Crippen LogP) is 1.96. The van der Waals surface area contributed by atoms with Gasteiger partial charge < -0.3 is 19.7 Å². The third kappa shape index (κ3) is 4.90. The zero-order chi connectivity index (χ0) is 15.1. The number of carbonyl (C=O) groups is 1.